The number of carbonyl (C=O) groups is 1. The lowest BCUT2D eigenvalue weighted by molar-refractivity contribution is -0.122. The zero-order valence-corrected chi connectivity index (χ0v) is 9.25. The molecule has 14 heavy (non-hydrogen) atoms. The second-order valence-corrected chi connectivity index (χ2v) is 3.94. The van der Waals surface area contributed by atoms with Crippen LogP contribution in [0.1, 0.15) is 20.3 Å². The van der Waals surface area contributed by atoms with Gasteiger partial charge in [0.2, 0.25) is 5.91 Å². The fourth-order valence-corrected chi connectivity index (χ4v) is 1.85. The van der Waals surface area contributed by atoms with E-state index < -0.39 is 0 Å². The van der Waals surface area contributed by atoms with Crippen LogP contribution in [0.4, 0.5) is 0 Å². The third-order valence-corrected chi connectivity index (χ3v) is 2.43. The van der Waals surface area contributed by atoms with Gasteiger partial charge in [-0.2, -0.15) is 0 Å². The summed E-state index contributed by atoms with van der Waals surface area (Å²) in [7, 11) is 1.67. The van der Waals surface area contributed by atoms with Crippen molar-refractivity contribution in [3.8, 4) is 0 Å². The van der Waals surface area contributed by atoms with E-state index in [1.54, 1.807) is 7.05 Å². The van der Waals surface area contributed by atoms with E-state index in [0.29, 0.717) is 6.42 Å². The summed E-state index contributed by atoms with van der Waals surface area (Å²) in [4.78, 5) is 13.3. The molecule has 0 spiro atoms. The maximum absolute atomic E-state index is 11.0. The predicted molar refractivity (Wildman–Crippen MR) is 55.1 cm³/mol. The first kappa shape index (κ1) is 11.5. The molecule has 2 unspecified atom stereocenters. The van der Waals surface area contributed by atoms with Crippen molar-refractivity contribution >= 4 is 5.91 Å². The highest BCUT2D eigenvalue weighted by molar-refractivity contribution is 5.75. The highest BCUT2D eigenvalue weighted by atomic mass is 16.5. The Bertz CT molecular complexity index is 187. The minimum absolute atomic E-state index is 0.108. The molecule has 1 N–H and O–H groups in total. The molecule has 0 saturated carbocycles. The van der Waals surface area contributed by atoms with Crippen LogP contribution in [-0.2, 0) is 9.53 Å². The van der Waals surface area contributed by atoms with E-state index in [1.165, 1.54) is 0 Å². The third-order valence-electron chi connectivity index (χ3n) is 2.43. The number of morpholine rings is 1. The highest BCUT2D eigenvalue weighted by Crippen LogP contribution is 2.10. The van der Waals surface area contributed by atoms with E-state index in [4.69, 9.17) is 4.74 Å². The average Bonchev–Trinajstić information content (AvgIpc) is 2.12. The second-order valence-electron chi connectivity index (χ2n) is 3.94. The van der Waals surface area contributed by atoms with Gasteiger partial charge in [0.1, 0.15) is 0 Å². The van der Waals surface area contributed by atoms with E-state index in [0.717, 1.165) is 19.6 Å². The summed E-state index contributed by atoms with van der Waals surface area (Å²) in [6.45, 7) is 6.84. The van der Waals surface area contributed by atoms with Crippen molar-refractivity contribution in [2.45, 2.75) is 32.5 Å². The summed E-state index contributed by atoms with van der Waals surface area (Å²) in [6.07, 6.45) is 1.14. The zero-order chi connectivity index (χ0) is 10.6. The molecule has 0 radical (unpaired) electrons. The van der Waals surface area contributed by atoms with Crippen LogP contribution in [0.15, 0.2) is 0 Å². The minimum Gasteiger partial charge on any atom is -0.373 e. The predicted octanol–water partition coefficient (Wildman–Crippen LogP) is 0.232. The van der Waals surface area contributed by atoms with Gasteiger partial charge in [0.15, 0.2) is 0 Å². The zero-order valence-electron chi connectivity index (χ0n) is 9.25. The van der Waals surface area contributed by atoms with E-state index in [2.05, 4.69) is 24.1 Å². The molecule has 1 heterocycles. The minimum atomic E-state index is 0.108. The quantitative estimate of drug-likeness (QED) is 0.709. The molecular formula is C10H20N2O2. The molecule has 0 aromatic heterocycles. The Balaban J connectivity index is 2.26. The van der Waals surface area contributed by atoms with Gasteiger partial charge < -0.3 is 10.1 Å². The number of rotatable bonds is 3. The van der Waals surface area contributed by atoms with Crippen LogP contribution in [0.5, 0.6) is 0 Å². The molecule has 0 aromatic carbocycles. The second kappa shape index (κ2) is 5.32. The average molecular weight is 200 g/mol. The van der Waals surface area contributed by atoms with Gasteiger partial charge in [0.25, 0.3) is 0 Å². The van der Waals surface area contributed by atoms with Gasteiger partial charge in [-0.15, -0.1) is 0 Å². The monoisotopic (exact) mass is 200 g/mol. The van der Waals surface area contributed by atoms with Crippen LogP contribution in [0.3, 0.4) is 0 Å². The van der Waals surface area contributed by atoms with Crippen molar-refractivity contribution in [3.63, 3.8) is 0 Å². The number of ether oxygens (including phenoxy) is 1. The van der Waals surface area contributed by atoms with Crippen LogP contribution >= 0.6 is 0 Å². The van der Waals surface area contributed by atoms with Crippen molar-refractivity contribution < 1.29 is 9.53 Å². The van der Waals surface area contributed by atoms with Crippen molar-refractivity contribution in [1.29, 1.82) is 0 Å². The molecule has 0 aromatic rings. The van der Waals surface area contributed by atoms with Gasteiger partial charge in [-0.3, -0.25) is 9.69 Å². The first-order valence-corrected chi connectivity index (χ1v) is 5.20. The van der Waals surface area contributed by atoms with Crippen molar-refractivity contribution in [1.82, 2.24) is 10.2 Å². The van der Waals surface area contributed by atoms with Gasteiger partial charge in [-0.25, -0.2) is 0 Å². The van der Waals surface area contributed by atoms with Crippen LogP contribution in [0.2, 0.25) is 0 Å². The Morgan fingerprint density at radius 2 is 2.00 bits per heavy atom. The Hall–Kier alpha value is -0.610. The maximum atomic E-state index is 11.0. The number of hydrogen-bond acceptors (Lipinski definition) is 3. The molecule has 1 saturated heterocycles. The molecule has 4 heteroatoms. The number of nitrogens with zero attached hydrogens (tertiary/aromatic N) is 1. The summed E-state index contributed by atoms with van der Waals surface area (Å²) in [5.41, 5.74) is 0. The number of nitrogens with one attached hydrogen (secondary N) is 1. The van der Waals surface area contributed by atoms with Crippen molar-refractivity contribution in [3.05, 3.63) is 0 Å². The summed E-state index contributed by atoms with van der Waals surface area (Å²) in [5.74, 6) is 0.108. The number of amides is 1. The Morgan fingerprint density at radius 3 is 2.50 bits per heavy atom. The first-order chi connectivity index (χ1) is 6.61. The molecule has 1 fully saturated rings. The molecule has 2 atom stereocenters. The summed E-state index contributed by atoms with van der Waals surface area (Å²) >= 11 is 0. The van der Waals surface area contributed by atoms with Gasteiger partial charge in [0, 0.05) is 33.1 Å². The molecule has 0 aliphatic carbocycles. The standard InChI is InChI=1S/C10H20N2O2/c1-8-6-12(7-9(2)14-8)5-4-10(13)11-3/h8-9H,4-7H2,1-3H3,(H,11,13). The largest absolute Gasteiger partial charge is 0.373 e. The lowest BCUT2D eigenvalue weighted by Crippen LogP contribution is -2.46. The molecule has 1 rings (SSSR count). The van der Waals surface area contributed by atoms with E-state index >= 15 is 0 Å². The molecular weight excluding hydrogens is 180 g/mol. The summed E-state index contributed by atoms with van der Waals surface area (Å²) < 4.78 is 5.61. The Kier molecular flexibility index (Phi) is 4.35. The molecule has 82 valence electrons. The fraction of sp³-hybridized carbons (Fsp3) is 0.900. The van der Waals surface area contributed by atoms with Gasteiger partial charge in [-0.1, -0.05) is 0 Å². The topological polar surface area (TPSA) is 41.6 Å². The molecule has 4 nitrogen and oxygen atoms in total. The maximum Gasteiger partial charge on any atom is 0.221 e. The Labute approximate surface area is 85.6 Å². The molecule has 1 amide bonds. The molecule has 0 bridgehead atoms. The first-order valence-electron chi connectivity index (χ1n) is 5.20. The number of carbonyl (C=O) groups excluding carboxylic acids is 1. The smallest absolute Gasteiger partial charge is 0.221 e. The van der Waals surface area contributed by atoms with Crippen LogP contribution in [0.25, 0.3) is 0 Å². The van der Waals surface area contributed by atoms with Crippen LogP contribution in [-0.4, -0.2) is 49.7 Å². The number of hydrogen-bond donors (Lipinski definition) is 1. The van der Waals surface area contributed by atoms with Gasteiger partial charge >= 0.3 is 0 Å². The lowest BCUT2D eigenvalue weighted by Gasteiger charge is -2.35. The summed E-state index contributed by atoms with van der Waals surface area (Å²) in [5, 5.41) is 2.63. The van der Waals surface area contributed by atoms with E-state index in [9.17, 15) is 4.79 Å². The molecule has 1 aliphatic heterocycles. The summed E-state index contributed by atoms with van der Waals surface area (Å²) in [6, 6.07) is 0. The van der Waals surface area contributed by atoms with Crippen LogP contribution in [0, 0.1) is 0 Å². The van der Waals surface area contributed by atoms with Crippen molar-refractivity contribution in [2.75, 3.05) is 26.7 Å². The van der Waals surface area contributed by atoms with Gasteiger partial charge in [-0.05, 0) is 13.8 Å². The SMILES string of the molecule is CNC(=O)CCN1CC(C)OC(C)C1. The van der Waals surface area contributed by atoms with E-state index in [-0.39, 0.29) is 18.1 Å². The molecule has 1 aliphatic rings. The Morgan fingerprint density at radius 1 is 1.43 bits per heavy atom. The lowest BCUT2D eigenvalue weighted by atomic mass is 10.2. The van der Waals surface area contributed by atoms with Gasteiger partial charge in [0.05, 0.1) is 12.2 Å². The highest BCUT2D eigenvalue weighted by Gasteiger charge is 2.21. The normalized spacial score (nSPS) is 28.8. The fourth-order valence-electron chi connectivity index (χ4n) is 1.85. The van der Waals surface area contributed by atoms with Crippen molar-refractivity contribution in [2.24, 2.45) is 0 Å². The van der Waals surface area contributed by atoms with Crippen LogP contribution < -0.4 is 5.32 Å². The van der Waals surface area contributed by atoms with E-state index in [1.807, 2.05) is 0 Å². The third kappa shape index (κ3) is 3.64.